The summed E-state index contributed by atoms with van der Waals surface area (Å²) in [5.74, 6) is -0.391. The number of Topliss-reactive ketones (excluding diaryl/α,β-unsaturated/α-hetero) is 1. The molecule has 29 heavy (non-hydrogen) atoms. The Bertz CT molecular complexity index is 1010. The van der Waals surface area contributed by atoms with Gasteiger partial charge in [-0.2, -0.15) is 0 Å². The van der Waals surface area contributed by atoms with Gasteiger partial charge in [0, 0.05) is 30.0 Å². The Labute approximate surface area is 168 Å². The summed E-state index contributed by atoms with van der Waals surface area (Å²) >= 11 is 0. The molecule has 1 aromatic heterocycles. The Kier molecular flexibility index (Phi) is 5.49. The fourth-order valence-electron chi connectivity index (χ4n) is 3.74. The molecule has 7 heteroatoms. The standard InChI is InChI=1S/C22H28O7/c1-6-13(23)11-9-16(25)29-21-17(11)20-12(8-15(28-20)22(4,5)27)19(26)18(21)14(24)7-10(2)3/h9-10,13,15,23,26-27H,6-8H2,1-5H3/t13-,15-/m0/s1. The highest BCUT2D eigenvalue weighted by atomic mass is 16.5. The third-order valence-corrected chi connectivity index (χ3v) is 5.30. The molecule has 1 aliphatic heterocycles. The van der Waals surface area contributed by atoms with Crippen LogP contribution in [0, 0.1) is 5.92 Å². The molecular weight excluding hydrogens is 376 g/mol. The minimum Gasteiger partial charge on any atom is -0.507 e. The van der Waals surface area contributed by atoms with E-state index in [-0.39, 0.29) is 52.8 Å². The van der Waals surface area contributed by atoms with E-state index in [1.54, 1.807) is 20.8 Å². The van der Waals surface area contributed by atoms with Gasteiger partial charge in [0.1, 0.15) is 23.2 Å². The van der Waals surface area contributed by atoms with Gasteiger partial charge in [0.15, 0.2) is 11.4 Å². The molecule has 1 aromatic carbocycles. The Morgan fingerprint density at radius 3 is 2.55 bits per heavy atom. The lowest BCUT2D eigenvalue weighted by Crippen LogP contribution is -2.39. The van der Waals surface area contributed by atoms with Crippen LogP contribution in [0.4, 0.5) is 0 Å². The molecule has 3 rings (SSSR count). The predicted octanol–water partition coefficient (Wildman–Crippen LogP) is 3.25. The molecule has 2 heterocycles. The number of aliphatic hydroxyl groups is 2. The van der Waals surface area contributed by atoms with Gasteiger partial charge in [-0.15, -0.1) is 0 Å². The van der Waals surface area contributed by atoms with Crippen molar-refractivity contribution in [2.45, 2.75) is 71.7 Å². The molecule has 158 valence electrons. The lowest BCUT2D eigenvalue weighted by Gasteiger charge is -2.25. The van der Waals surface area contributed by atoms with Crippen molar-refractivity contribution in [2.75, 3.05) is 0 Å². The molecule has 0 spiro atoms. The number of fused-ring (bicyclic) bond motifs is 3. The quantitative estimate of drug-likeness (QED) is 0.500. The van der Waals surface area contributed by atoms with E-state index in [2.05, 4.69) is 0 Å². The summed E-state index contributed by atoms with van der Waals surface area (Å²) < 4.78 is 11.3. The van der Waals surface area contributed by atoms with E-state index < -0.39 is 23.4 Å². The molecule has 0 aliphatic carbocycles. The van der Waals surface area contributed by atoms with Crippen LogP contribution in [-0.4, -0.2) is 32.8 Å². The number of rotatable bonds is 6. The van der Waals surface area contributed by atoms with E-state index in [0.29, 0.717) is 17.4 Å². The normalized spacial score (nSPS) is 17.4. The minimum atomic E-state index is -1.21. The summed E-state index contributed by atoms with van der Waals surface area (Å²) in [6, 6.07) is 1.19. The summed E-state index contributed by atoms with van der Waals surface area (Å²) in [6.45, 7) is 8.70. The van der Waals surface area contributed by atoms with Gasteiger partial charge in [0.05, 0.1) is 17.1 Å². The zero-order valence-corrected chi connectivity index (χ0v) is 17.4. The van der Waals surface area contributed by atoms with Crippen LogP contribution < -0.4 is 10.4 Å². The summed E-state index contributed by atoms with van der Waals surface area (Å²) in [5, 5.41) is 32.2. The number of phenols is 1. The van der Waals surface area contributed by atoms with Gasteiger partial charge in [-0.05, 0) is 26.2 Å². The van der Waals surface area contributed by atoms with Gasteiger partial charge in [-0.1, -0.05) is 20.8 Å². The van der Waals surface area contributed by atoms with Crippen LogP contribution in [0.5, 0.6) is 11.5 Å². The molecule has 2 atom stereocenters. The number of carbonyl (C=O) groups excluding carboxylic acids is 1. The molecule has 0 saturated carbocycles. The summed E-state index contributed by atoms with van der Waals surface area (Å²) in [7, 11) is 0. The first-order valence-electron chi connectivity index (χ1n) is 9.91. The van der Waals surface area contributed by atoms with Gasteiger partial charge < -0.3 is 24.5 Å². The van der Waals surface area contributed by atoms with Crippen LogP contribution in [-0.2, 0) is 6.42 Å². The number of benzene rings is 1. The molecule has 0 radical (unpaired) electrons. The van der Waals surface area contributed by atoms with E-state index in [4.69, 9.17) is 9.15 Å². The topological polar surface area (TPSA) is 117 Å². The zero-order valence-electron chi connectivity index (χ0n) is 17.4. The Hall–Kier alpha value is -2.38. The second-order valence-corrected chi connectivity index (χ2v) is 8.67. The molecule has 2 aromatic rings. The van der Waals surface area contributed by atoms with Crippen molar-refractivity contribution in [3.63, 3.8) is 0 Å². The average Bonchev–Trinajstić information content (AvgIpc) is 3.05. The van der Waals surface area contributed by atoms with E-state index >= 15 is 0 Å². The third kappa shape index (κ3) is 3.76. The number of hydrogen-bond acceptors (Lipinski definition) is 7. The number of ketones is 1. The van der Waals surface area contributed by atoms with Crippen molar-refractivity contribution in [3.05, 3.63) is 33.2 Å². The molecule has 3 N–H and O–H groups in total. The van der Waals surface area contributed by atoms with Gasteiger partial charge >= 0.3 is 5.63 Å². The van der Waals surface area contributed by atoms with Crippen molar-refractivity contribution in [2.24, 2.45) is 5.92 Å². The Morgan fingerprint density at radius 2 is 2.00 bits per heavy atom. The van der Waals surface area contributed by atoms with Crippen molar-refractivity contribution in [1.82, 2.24) is 0 Å². The smallest absolute Gasteiger partial charge is 0.336 e. The van der Waals surface area contributed by atoms with Crippen molar-refractivity contribution in [3.8, 4) is 11.5 Å². The lowest BCUT2D eigenvalue weighted by molar-refractivity contribution is -0.0225. The second kappa shape index (κ2) is 7.46. The van der Waals surface area contributed by atoms with Gasteiger partial charge in [0.2, 0.25) is 0 Å². The zero-order chi connectivity index (χ0) is 21.7. The van der Waals surface area contributed by atoms with Gasteiger partial charge in [-0.3, -0.25) is 4.79 Å². The Balaban J connectivity index is 2.40. The first-order chi connectivity index (χ1) is 13.5. The summed E-state index contributed by atoms with van der Waals surface area (Å²) in [4.78, 5) is 25.2. The maximum absolute atomic E-state index is 13.0. The van der Waals surface area contributed by atoms with Crippen molar-refractivity contribution < 1.29 is 29.3 Å². The molecule has 1 aliphatic rings. The lowest BCUT2D eigenvalue weighted by atomic mass is 9.90. The summed E-state index contributed by atoms with van der Waals surface area (Å²) in [6.07, 6.45) is -0.975. The van der Waals surface area contributed by atoms with Gasteiger partial charge in [0.25, 0.3) is 0 Å². The second-order valence-electron chi connectivity index (χ2n) is 8.67. The van der Waals surface area contributed by atoms with Crippen LogP contribution >= 0.6 is 0 Å². The summed E-state index contributed by atoms with van der Waals surface area (Å²) in [5.41, 5.74) is -1.44. The molecular formula is C22H28O7. The number of aliphatic hydroxyl groups excluding tert-OH is 1. The van der Waals surface area contributed by atoms with Crippen molar-refractivity contribution in [1.29, 1.82) is 0 Å². The first kappa shape index (κ1) is 21.3. The van der Waals surface area contributed by atoms with Crippen LogP contribution in [0.1, 0.15) is 75.0 Å². The number of phenolic OH excluding ortho intramolecular Hbond substituents is 1. The highest BCUT2D eigenvalue weighted by Crippen LogP contribution is 2.48. The minimum absolute atomic E-state index is 0.0294. The largest absolute Gasteiger partial charge is 0.507 e. The van der Waals surface area contributed by atoms with Crippen LogP contribution in [0.25, 0.3) is 11.0 Å². The number of ether oxygens (including phenoxy) is 1. The molecule has 0 fully saturated rings. The molecule has 0 amide bonds. The van der Waals surface area contributed by atoms with E-state index in [1.165, 1.54) is 6.07 Å². The number of hydrogen-bond donors (Lipinski definition) is 3. The van der Waals surface area contributed by atoms with Gasteiger partial charge in [-0.25, -0.2) is 4.79 Å². The van der Waals surface area contributed by atoms with E-state index in [0.717, 1.165) is 0 Å². The van der Waals surface area contributed by atoms with E-state index in [9.17, 15) is 24.9 Å². The average molecular weight is 404 g/mol. The van der Waals surface area contributed by atoms with E-state index in [1.807, 2.05) is 13.8 Å². The number of carbonyl (C=O) groups is 1. The SMILES string of the molecule is CC[C@H](O)c1cc(=O)oc2c(C(=O)CC(C)C)c(O)c3c(c12)O[C@H](C(C)(C)O)C3. The number of aromatic hydroxyl groups is 1. The molecule has 7 nitrogen and oxygen atoms in total. The fourth-order valence-corrected chi connectivity index (χ4v) is 3.74. The van der Waals surface area contributed by atoms with Crippen LogP contribution in [0.15, 0.2) is 15.3 Å². The molecule has 0 bridgehead atoms. The van der Waals surface area contributed by atoms with Crippen molar-refractivity contribution >= 4 is 16.8 Å². The molecule has 0 unspecified atom stereocenters. The maximum Gasteiger partial charge on any atom is 0.336 e. The highest BCUT2D eigenvalue weighted by molar-refractivity contribution is 6.11. The Morgan fingerprint density at radius 1 is 1.34 bits per heavy atom. The monoisotopic (exact) mass is 404 g/mol. The van der Waals surface area contributed by atoms with Crippen LogP contribution in [0.3, 0.4) is 0 Å². The fraction of sp³-hybridized carbons (Fsp3) is 0.545. The van der Waals surface area contributed by atoms with Crippen LogP contribution in [0.2, 0.25) is 0 Å². The third-order valence-electron chi connectivity index (χ3n) is 5.30. The molecule has 0 saturated heterocycles. The highest BCUT2D eigenvalue weighted by Gasteiger charge is 2.40. The first-order valence-corrected chi connectivity index (χ1v) is 9.91. The predicted molar refractivity (Wildman–Crippen MR) is 108 cm³/mol. The maximum atomic E-state index is 13.0.